The lowest BCUT2D eigenvalue weighted by Gasteiger charge is -2.15. The van der Waals surface area contributed by atoms with Gasteiger partial charge in [0.25, 0.3) is 0 Å². The number of hydrogen-bond acceptors (Lipinski definition) is 3. The molecule has 0 saturated carbocycles. The van der Waals surface area contributed by atoms with Gasteiger partial charge in [0.1, 0.15) is 0 Å². The molecule has 86 valence electrons. The van der Waals surface area contributed by atoms with Crippen LogP contribution in [0.2, 0.25) is 0 Å². The Kier molecular flexibility index (Phi) is 3.22. The maximum absolute atomic E-state index is 11.0. The van der Waals surface area contributed by atoms with E-state index < -0.39 is 5.91 Å². The van der Waals surface area contributed by atoms with E-state index in [0.29, 0.717) is 12.1 Å². The molecule has 0 radical (unpaired) electrons. The monoisotopic (exact) mass is 220 g/mol. The van der Waals surface area contributed by atoms with Crippen molar-refractivity contribution in [1.82, 2.24) is 4.90 Å². The van der Waals surface area contributed by atoms with Crippen LogP contribution >= 0.6 is 0 Å². The molecule has 1 aromatic carbocycles. The van der Waals surface area contributed by atoms with E-state index in [4.69, 9.17) is 5.73 Å². The van der Waals surface area contributed by atoms with Gasteiger partial charge in [0.2, 0.25) is 5.91 Å². The molecule has 0 aliphatic carbocycles. The molecule has 2 rings (SSSR count). The quantitative estimate of drug-likeness (QED) is 0.772. The highest BCUT2D eigenvalue weighted by molar-refractivity contribution is 5.92. The number of aliphatic hydroxyl groups is 1. The van der Waals surface area contributed by atoms with Crippen LogP contribution in [0, 0.1) is 0 Å². The van der Waals surface area contributed by atoms with Gasteiger partial charge in [-0.3, -0.25) is 9.69 Å². The van der Waals surface area contributed by atoms with Gasteiger partial charge >= 0.3 is 0 Å². The minimum absolute atomic E-state index is 0.209. The Labute approximate surface area is 94.7 Å². The number of carbonyl (C=O) groups is 1. The topological polar surface area (TPSA) is 66.6 Å². The Hall–Kier alpha value is -1.39. The van der Waals surface area contributed by atoms with Gasteiger partial charge in [-0.25, -0.2) is 0 Å². The Morgan fingerprint density at radius 1 is 1.56 bits per heavy atom. The number of primary amides is 1. The van der Waals surface area contributed by atoms with Gasteiger partial charge in [0, 0.05) is 25.2 Å². The van der Waals surface area contributed by atoms with Crippen LogP contribution in [0.25, 0.3) is 0 Å². The number of rotatable bonds is 3. The van der Waals surface area contributed by atoms with E-state index in [1.165, 1.54) is 0 Å². The zero-order valence-corrected chi connectivity index (χ0v) is 9.10. The van der Waals surface area contributed by atoms with E-state index in [1.54, 1.807) is 6.07 Å². The fourth-order valence-electron chi connectivity index (χ4n) is 2.04. The molecular formula is C12H16N2O2. The van der Waals surface area contributed by atoms with E-state index in [9.17, 15) is 9.90 Å². The zero-order chi connectivity index (χ0) is 11.5. The average Bonchev–Trinajstić information content (AvgIpc) is 2.64. The molecule has 0 aromatic heterocycles. The van der Waals surface area contributed by atoms with E-state index in [-0.39, 0.29) is 6.10 Å². The second kappa shape index (κ2) is 4.63. The van der Waals surface area contributed by atoms with Gasteiger partial charge in [-0.1, -0.05) is 12.1 Å². The number of β-amino-alcohol motifs (C(OH)–C–C–N with tert-alkyl or cyclic N) is 1. The van der Waals surface area contributed by atoms with E-state index in [1.807, 2.05) is 18.2 Å². The molecule has 1 fully saturated rings. The summed E-state index contributed by atoms with van der Waals surface area (Å²) in [6, 6.07) is 7.33. The van der Waals surface area contributed by atoms with Crippen molar-refractivity contribution in [3.63, 3.8) is 0 Å². The van der Waals surface area contributed by atoms with Crippen molar-refractivity contribution >= 4 is 5.91 Å². The number of nitrogens with two attached hydrogens (primary N) is 1. The number of carbonyl (C=O) groups excluding carboxylic acids is 1. The predicted octanol–water partition coefficient (Wildman–Crippen LogP) is 0.352. The average molecular weight is 220 g/mol. The molecule has 4 heteroatoms. The third-order valence-electron chi connectivity index (χ3n) is 2.87. The van der Waals surface area contributed by atoms with Crippen molar-refractivity contribution in [1.29, 1.82) is 0 Å². The van der Waals surface area contributed by atoms with Crippen molar-refractivity contribution in [2.45, 2.75) is 19.1 Å². The summed E-state index contributed by atoms with van der Waals surface area (Å²) in [5, 5.41) is 9.40. The molecule has 1 amide bonds. The summed E-state index contributed by atoms with van der Waals surface area (Å²) >= 11 is 0. The van der Waals surface area contributed by atoms with Crippen molar-refractivity contribution in [3.8, 4) is 0 Å². The van der Waals surface area contributed by atoms with Crippen LogP contribution in [0.1, 0.15) is 22.3 Å². The molecule has 3 N–H and O–H groups in total. The fraction of sp³-hybridized carbons (Fsp3) is 0.417. The molecule has 16 heavy (non-hydrogen) atoms. The van der Waals surface area contributed by atoms with Crippen LogP contribution in [0.4, 0.5) is 0 Å². The van der Waals surface area contributed by atoms with E-state index >= 15 is 0 Å². The standard InChI is InChI=1S/C12H16N2O2/c13-12(16)10-3-1-2-9(6-10)7-14-5-4-11(15)8-14/h1-3,6,11,15H,4-5,7-8H2,(H2,13,16)/t11-/m0/s1. The summed E-state index contributed by atoms with van der Waals surface area (Å²) in [6.07, 6.45) is 0.620. The van der Waals surface area contributed by atoms with Crippen molar-refractivity contribution in [2.75, 3.05) is 13.1 Å². The van der Waals surface area contributed by atoms with Crippen LogP contribution in [0.15, 0.2) is 24.3 Å². The summed E-state index contributed by atoms with van der Waals surface area (Å²) in [6.45, 7) is 2.38. The molecular weight excluding hydrogens is 204 g/mol. The Morgan fingerprint density at radius 3 is 3.00 bits per heavy atom. The molecule has 0 spiro atoms. The Bertz CT molecular complexity index is 392. The van der Waals surface area contributed by atoms with Crippen LogP contribution in [0.5, 0.6) is 0 Å². The number of likely N-dealkylation sites (tertiary alicyclic amines) is 1. The van der Waals surface area contributed by atoms with E-state index in [2.05, 4.69) is 4.90 Å². The van der Waals surface area contributed by atoms with Crippen molar-refractivity contribution in [3.05, 3.63) is 35.4 Å². The number of nitrogens with zero attached hydrogens (tertiary/aromatic N) is 1. The molecule has 1 aliphatic heterocycles. The second-order valence-corrected chi connectivity index (χ2v) is 4.24. The summed E-state index contributed by atoms with van der Waals surface area (Å²) in [5.74, 6) is -0.400. The summed E-state index contributed by atoms with van der Waals surface area (Å²) < 4.78 is 0. The molecule has 1 aromatic rings. The molecule has 1 heterocycles. The summed E-state index contributed by atoms with van der Waals surface area (Å²) in [7, 11) is 0. The molecule has 1 atom stereocenters. The SMILES string of the molecule is NC(=O)c1cccc(CN2CC[C@H](O)C2)c1. The Morgan fingerprint density at radius 2 is 2.38 bits per heavy atom. The minimum Gasteiger partial charge on any atom is -0.392 e. The number of aliphatic hydroxyl groups excluding tert-OH is 1. The third kappa shape index (κ3) is 2.59. The maximum Gasteiger partial charge on any atom is 0.248 e. The Balaban J connectivity index is 2.04. The zero-order valence-electron chi connectivity index (χ0n) is 9.10. The number of amides is 1. The first kappa shape index (κ1) is 11.1. The van der Waals surface area contributed by atoms with Crippen LogP contribution in [0.3, 0.4) is 0 Å². The molecule has 4 nitrogen and oxygen atoms in total. The third-order valence-corrected chi connectivity index (χ3v) is 2.87. The highest BCUT2D eigenvalue weighted by Gasteiger charge is 2.19. The van der Waals surface area contributed by atoms with Gasteiger partial charge in [-0.2, -0.15) is 0 Å². The lowest BCUT2D eigenvalue weighted by atomic mass is 10.1. The van der Waals surface area contributed by atoms with Crippen molar-refractivity contribution in [2.24, 2.45) is 5.73 Å². The van der Waals surface area contributed by atoms with Gasteiger partial charge in [-0.15, -0.1) is 0 Å². The highest BCUT2D eigenvalue weighted by atomic mass is 16.3. The van der Waals surface area contributed by atoms with Gasteiger partial charge in [0.15, 0.2) is 0 Å². The highest BCUT2D eigenvalue weighted by Crippen LogP contribution is 2.14. The predicted molar refractivity (Wildman–Crippen MR) is 60.9 cm³/mol. The lowest BCUT2D eigenvalue weighted by molar-refractivity contribution is 0.1000. The molecule has 0 unspecified atom stereocenters. The summed E-state index contributed by atoms with van der Waals surface area (Å²) in [5.41, 5.74) is 6.82. The molecule has 1 aliphatic rings. The van der Waals surface area contributed by atoms with Crippen LogP contribution in [-0.4, -0.2) is 35.1 Å². The minimum atomic E-state index is -0.400. The van der Waals surface area contributed by atoms with Crippen LogP contribution < -0.4 is 5.73 Å². The van der Waals surface area contributed by atoms with Gasteiger partial charge in [-0.05, 0) is 24.1 Å². The smallest absolute Gasteiger partial charge is 0.248 e. The normalized spacial score (nSPS) is 21.2. The van der Waals surface area contributed by atoms with E-state index in [0.717, 1.165) is 25.1 Å². The largest absolute Gasteiger partial charge is 0.392 e. The van der Waals surface area contributed by atoms with Gasteiger partial charge in [0.05, 0.1) is 6.10 Å². The first-order valence-corrected chi connectivity index (χ1v) is 5.44. The maximum atomic E-state index is 11.0. The van der Waals surface area contributed by atoms with Gasteiger partial charge < -0.3 is 10.8 Å². The molecule has 1 saturated heterocycles. The first-order valence-electron chi connectivity index (χ1n) is 5.44. The van der Waals surface area contributed by atoms with Crippen molar-refractivity contribution < 1.29 is 9.90 Å². The lowest BCUT2D eigenvalue weighted by Crippen LogP contribution is -2.21. The van der Waals surface area contributed by atoms with Crippen LogP contribution in [-0.2, 0) is 6.54 Å². The number of hydrogen-bond donors (Lipinski definition) is 2. The summed E-state index contributed by atoms with van der Waals surface area (Å²) in [4.78, 5) is 13.2. The number of benzene rings is 1. The first-order chi connectivity index (χ1) is 7.65. The molecule has 0 bridgehead atoms. The fourth-order valence-corrected chi connectivity index (χ4v) is 2.04. The second-order valence-electron chi connectivity index (χ2n) is 4.24.